The molecule has 0 saturated carbocycles. The second-order valence-electron chi connectivity index (χ2n) is 6.78. The number of non-ortho nitro benzene ring substituents is 1. The lowest BCUT2D eigenvalue weighted by molar-refractivity contribution is -0.383. The van der Waals surface area contributed by atoms with Gasteiger partial charge in [-0.2, -0.15) is 0 Å². The number of hydrogen-bond donors (Lipinski definition) is 2. The van der Waals surface area contributed by atoms with Crippen LogP contribution in [-0.4, -0.2) is 24.2 Å². The predicted octanol–water partition coefficient (Wildman–Crippen LogP) is 3.39. The van der Waals surface area contributed by atoms with Crippen molar-refractivity contribution in [2.45, 2.75) is 25.2 Å². The van der Waals surface area contributed by atoms with Crippen LogP contribution in [0.1, 0.15) is 29.9 Å². The standard InChI is InChI=1S/C19H19N3O5S/c1-12(2)11-15-14-9-6-10-16(22(24)25)17(14)20-18(15)19(23)21-28(26,27)13-7-4-3-5-8-13/h3-10,12,20H,11H2,1-2H3,(H,21,23). The summed E-state index contributed by atoms with van der Waals surface area (Å²) in [5.41, 5.74) is 0.588. The van der Waals surface area contributed by atoms with Gasteiger partial charge in [0.1, 0.15) is 11.2 Å². The first kappa shape index (κ1) is 19.6. The first-order valence-corrected chi connectivity index (χ1v) is 10.1. The zero-order valence-corrected chi connectivity index (χ0v) is 16.1. The summed E-state index contributed by atoms with van der Waals surface area (Å²) < 4.78 is 27.0. The molecule has 0 aliphatic rings. The van der Waals surface area contributed by atoms with Gasteiger partial charge >= 0.3 is 0 Å². The number of carbonyl (C=O) groups is 1. The molecule has 146 valence electrons. The molecule has 1 heterocycles. The number of carbonyl (C=O) groups excluding carboxylic acids is 1. The number of nitro groups is 1. The summed E-state index contributed by atoms with van der Waals surface area (Å²) in [6.45, 7) is 3.89. The van der Waals surface area contributed by atoms with Gasteiger partial charge in [-0.1, -0.05) is 44.2 Å². The van der Waals surface area contributed by atoms with Gasteiger partial charge in [-0.3, -0.25) is 14.9 Å². The van der Waals surface area contributed by atoms with Crippen molar-refractivity contribution >= 4 is 32.5 Å². The molecule has 0 atom stereocenters. The van der Waals surface area contributed by atoms with Crippen LogP contribution in [0.3, 0.4) is 0 Å². The zero-order chi connectivity index (χ0) is 20.5. The van der Waals surface area contributed by atoms with E-state index in [0.717, 1.165) is 0 Å². The minimum absolute atomic E-state index is 0.0116. The summed E-state index contributed by atoms with van der Waals surface area (Å²) in [6.07, 6.45) is 0.454. The highest BCUT2D eigenvalue weighted by Gasteiger charge is 2.26. The third-order valence-corrected chi connectivity index (χ3v) is 5.58. The number of rotatable bonds is 6. The van der Waals surface area contributed by atoms with Crippen molar-refractivity contribution < 1.29 is 18.1 Å². The molecule has 8 nitrogen and oxygen atoms in total. The highest BCUT2D eigenvalue weighted by Crippen LogP contribution is 2.31. The molecule has 1 aromatic heterocycles. The molecule has 0 aliphatic carbocycles. The Hall–Kier alpha value is -3.20. The van der Waals surface area contributed by atoms with E-state index in [1.165, 1.54) is 18.2 Å². The fraction of sp³-hybridized carbons (Fsp3) is 0.211. The SMILES string of the molecule is CC(C)Cc1c(C(=O)NS(=O)(=O)c2ccccc2)[nH]c2c([N+](=O)[O-])cccc12. The number of benzene rings is 2. The molecule has 0 aliphatic heterocycles. The van der Waals surface area contributed by atoms with E-state index in [4.69, 9.17) is 0 Å². The molecule has 9 heteroatoms. The minimum atomic E-state index is -4.07. The predicted molar refractivity (Wildman–Crippen MR) is 105 cm³/mol. The summed E-state index contributed by atoms with van der Waals surface area (Å²) in [7, 11) is -4.07. The molecule has 0 bridgehead atoms. The van der Waals surface area contributed by atoms with Gasteiger partial charge in [0.15, 0.2) is 0 Å². The van der Waals surface area contributed by atoms with E-state index >= 15 is 0 Å². The van der Waals surface area contributed by atoms with Crippen LogP contribution in [0.25, 0.3) is 10.9 Å². The van der Waals surface area contributed by atoms with Crippen molar-refractivity contribution in [3.63, 3.8) is 0 Å². The van der Waals surface area contributed by atoms with Crippen LogP contribution in [-0.2, 0) is 16.4 Å². The Morgan fingerprint density at radius 2 is 1.82 bits per heavy atom. The number of H-pyrrole nitrogens is 1. The number of nitrogens with one attached hydrogen (secondary N) is 2. The van der Waals surface area contributed by atoms with E-state index in [-0.39, 0.29) is 27.7 Å². The van der Waals surface area contributed by atoms with Gasteiger partial charge in [-0.15, -0.1) is 0 Å². The van der Waals surface area contributed by atoms with Crippen molar-refractivity contribution in [2.24, 2.45) is 5.92 Å². The topological polar surface area (TPSA) is 122 Å². The molecule has 3 aromatic rings. The van der Waals surface area contributed by atoms with Gasteiger partial charge in [-0.25, -0.2) is 13.1 Å². The molecule has 0 fully saturated rings. The molecule has 3 rings (SSSR count). The average Bonchev–Trinajstić information content (AvgIpc) is 3.00. The Bertz CT molecular complexity index is 1150. The van der Waals surface area contributed by atoms with Crippen molar-refractivity contribution in [2.75, 3.05) is 0 Å². The lowest BCUT2D eigenvalue weighted by Crippen LogP contribution is -2.31. The zero-order valence-electron chi connectivity index (χ0n) is 15.3. The van der Waals surface area contributed by atoms with Crippen LogP contribution < -0.4 is 4.72 Å². The van der Waals surface area contributed by atoms with Crippen molar-refractivity contribution in [1.82, 2.24) is 9.71 Å². The van der Waals surface area contributed by atoms with Gasteiger partial charge < -0.3 is 4.98 Å². The van der Waals surface area contributed by atoms with Gasteiger partial charge in [0.25, 0.3) is 21.6 Å². The molecule has 0 unspecified atom stereocenters. The maximum Gasteiger partial charge on any atom is 0.293 e. The first-order valence-electron chi connectivity index (χ1n) is 8.61. The third kappa shape index (κ3) is 3.74. The largest absolute Gasteiger partial charge is 0.345 e. The maximum absolute atomic E-state index is 12.8. The Morgan fingerprint density at radius 3 is 2.43 bits per heavy atom. The van der Waals surface area contributed by atoms with Crippen LogP contribution in [0.2, 0.25) is 0 Å². The van der Waals surface area contributed by atoms with Crippen molar-refractivity contribution in [3.8, 4) is 0 Å². The van der Waals surface area contributed by atoms with E-state index in [0.29, 0.717) is 17.4 Å². The number of sulfonamides is 1. The highest BCUT2D eigenvalue weighted by atomic mass is 32.2. The molecule has 0 radical (unpaired) electrons. The first-order chi connectivity index (χ1) is 13.2. The fourth-order valence-electron chi connectivity index (χ4n) is 3.06. The van der Waals surface area contributed by atoms with Crippen LogP contribution in [0.15, 0.2) is 53.4 Å². The smallest absolute Gasteiger partial charge is 0.293 e. The molecular formula is C19H19N3O5S. The molecule has 2 aromatic carbocycles. The molecule has 28 heavy (non-hydrogen) atoms. The molecule has 2 N–H and O–H groups in total. The summed E-state index contributed by atoms with van der Waals surface area (Å²) in [5, 5.41) is 11.9. The summed E-state index contributed by atoms with van der Waals surface area (Å²) in [6, 6.07) is 12.1. The van der Waals surface area contributed by atoms with Gasteiger partial charge in [0.2, 0.25) is 0 Å². The second-order valence-corrected chi connectivity index (χ2v) is 8.46. The number of amides is 1. The highest BCUT2D eigenvalue weighted by molar-refractivity contribution is 7.90. The van der Waals surface area contributed by atoms with Gasteiger partial charge in [-0.05, 0) is 30.0 Å². The fourth-order valence-corrected chi connectivity index (χ4v) is 4.04. The summed E-state index contributed by atoms with van der Waals surface area (Å²) in [5.74, 6) is -0.708. The Kier molecular flexibility index (Phi) is 5.19. The van der Waals surface area contributed by atoms with Crippen LogP contribution in [0.4, 0.5) is 5.69 Å². The number of nitrogens with zero attached hydrogens (tertiary/aromatic N) is 1. The molecule has 1 amide bonds. The lowest BCUT2D eigenvalue weighted by Gasteiger charge is -2.09. The monoisotopic (exact) mass is 401 g/mol. The molecular weight excluding hydrogens is 382 g/mol. The van der Waals surface area contributed by atoms with Crippen LogP contribution >= 0.6 is 0 Å². The quantitative estimate of drug-likeness (QED) is 0.484. The van der Waals surface area contributed by atoms with E-state index in [9.17, 15) is 23.3 Å². The van der Waals surface area contributed by atoms with E-state index in [1.54, 1.807) is 30.3 Å². The Balaban J connectivity index is 2.10. The van der Waals surface area contributed by atoms with Crippen LogP contribution in [0.5, 0.6) is 0 Å². The average molecular weight is 401 g/mol. The number of nitro benzene ring substituents is 1. The van der Waals surface area contributed by atoms with E-state index in [1.807, 2.05) is 18.6 Å². The number of para-hydroxylation sites is 1. The van der Waals surface area contributed by atoms with Crippen molar-refractivity contribution in [3.05, 3.63) is 69.9 Å². The molecule has 0 saturated heterocycles. The van der Waals surface area contributed by atoms with E-state index in [2.05, 4.69) is 4.98 Å². The van der Waals surface area contributed by atoms with Gasteiger partial charge in [0.05, 0.1) is 9.82 Å². The van der Waals surface area contributed by atoms with Crippen molar-refractivity contribution in [1.29, 1.82) is 0 Å². The second kappa shape index (κ2) is 7.43. The maximum atomic E-state index is 12.8. The number of hydrogen-bond acceptors (Lipinski definition) is 5. The lowest BCUT2D eigenvalue weighted by atomic mass is 9.99. The molecule has 0 spiro atoms. The van der Waals surface area contributed by atoms with Crippen LogP contribution in [0, 0.1) is 16.0 Å². The number of aromatic amines is 1. The summed E-state index contributed by atoms with van der Waals surface area (Å²) in [4.78, 5) is 26.3. The van der Waals surface area contributed by atoms with E-state index < -0.39 is 20.9 Å². The number of aromatic nitrogens is 1. The van der Waals surface area contributed by atoms with Gasteiger partial charge in [0, 0.05) is 11.5 Å². The Morgan fingerprint density at radius 1 is 1.14 bits per heavy atom. The number of fused-ring (bicyclic) bond motifs is 1. The third-order valence-electron chi connectivity index (χ3n) is 4.24. The minimum Gasteiger partial charge on any atom is -0.345 e. The summed E-state index contributed by atoms with van der Waals surface area (Å²) >= 11 is 0. The Labute approximate surface area is 161 Å². The normalized spacial score (nSPS) is 11.7.